The molecule has 1 aromatic rings. The number of nitrogens with two attached hydrogens (primary N) is 1. The summed E-state index contributed by atoms with van der Waals surface area (Å²) in [7, 11) is -3.58. The van der Waals surface area contributed by atoms with Crippen LogP contribution in [0.5, 0.6) is 0 Å². The van der Waals surface area contributed by atoms with Crippen LogP contribution in [0.2, 0.25) is 0 Å². The molecule has 1 aliphatic heterocycles. The fraction of sp³-hybridized carbons (Fsp3) is 0.545. The summed E-state index contributed by atoms with van der Waals surface area (Å²) in [5.41, 5.74) is 5.84. The molecule has 0 saturated carbocycles. The van der Waals surface area contributed by atoms with Gasteiger partial charge in [-0.25, -0.2) is 13.1 Å². The van der Waals surface area contributed by atoms with Crippen molar-refractivity contribution in [3.05, 3.63) is 18.5 Å². The molecule has 1 aromatic heterocycles. The molecule has 0 aliphatic carbocycles. The van der Waals surface area contributed by atoms with Crippen LogP contribution in [0.25, 0.3) is 0 Å². The van der Waals surface area contributed by atoms with E-state index in [2.05, 4.69) is 9.71 Å². The fourth-order valence-electron chi connectivity index (χ4n) is 1.89. The van der Waals surface area contributed by atoms with Crippen LogP contribution in [0.4, 0.5) is 5.69 Å². The highest BCUT2D eigenvalue weighted by molar-refractivity contribution is 7.89. The number of nitrogens with zero attached hydrogens (tertiary/aromatic N) is 1. The van der Waals surface area contributed by atoms with Crippen molar-refractivity contribution in [2.45, 2.75) is 17.7 Å². The molecule has 1 fully saturated rings. The van der Waals surface area contributed by atoms with E-state index in [0.29, 0.717) is 13.2 Å². The van der Waals surface area contributed by atoms with Crippen LogP contribution in [0, 0.1) is 5.92 Å². The van der Waals surface area contributed by atoms with Gasteiger partial charge in [-0.15, -0.1) is 0 Å². The van der Waals surface area contributed by atoms with Gasteiger partial charge in [0.2, 0.25) is 10.0 Å². The summed E-state index contributed by atoms with van der Waals surface area (Å²) < 4.78 is 31.9. The van der Waals surface area contributed by atoms with Gasteiger partial charge < -0.3 is 10.5 Å². The van der Waals surface area contributed by atoms with Crippen LogP contribution in [0.1, 0.15) is 12.8 Å². The molecule has 6 nitrogen and oxygen atoms in total. The summed E-state index contributed by atoms with van der Waals surface area (Å²) in [6.07, 6.45) is 4.67. The Morgan fingerprint density at radius 1 is 1.56 bits per heavy atom. The fourth-order valence-corrected chi connectivity index (χ4v) is 3.08. The number of aromatic nitrogens is 1. The van der Waals surface area contributed by atoms with E-state index in [9.17, 15) is 8.42 Å². The number of nitrogen functional groups attached to an aromatic ring is 1. The molecule has 0 spiro atoms. The molecule has 0 radical (unpaired) electrons. The first kappa shape index (κ1) is 13.3. The zero-order chi connectivity index (χ0) is 13.0. The molecule has 3 N–H and O–H groups in total. The van der Waals surface area contributed by atoms with E-state index in [0.717, 1.165) is 19.4 Å². The summed E-state index contributed by atoms with van der Waals surface area (Å²) in [6.45, 7) is 1.74. The summed E-state index contributed by atoms with van der Waals surface area (Å²) in [6, 6.07) is 1.47. The lowest BCUT2D eigenvalue weighted by Gasteiger charge is -2.22. The first-order valence-electron chi connectivity index (χ1n) is 5.86. The van der Waals surface area contributed by atoms with Gasteiger partial charge in [0, 0.05) is 25.5 Å². The molecule has 2 rings (SSSR count). The minimum Gasteiger partial charge on any atom is -0.398 e. The van der Waals surface area contributed by atoms with Crippen molar-refractivity contribution < 1.29 is 13.2 Å². The second-order valence-electron chi connectivity index (χ2n) is 4.35. The van der Waals surface area contributed by atoms with Gasteiger partial charge in [-0.2, -0.15) is 0 Å². The van der Waals surface area contributed by atoms with Crippen molar-refractivity contribution in [2.75, 3.05) is 25.5 Å². The number of pyridine rings is 1. The van der Waals surface area contributed by atoms with Gasteiger partial charge in [0.25, 0.3) is 0 Å². The first-order valence-corrected chi connectivity index (χ1v) is 7.35. The largest absolute Gasteiger partial charge is 0.398 e. The van der Waals surface area contributed by atoms with Crippen LogP contribution in [0.15, 0.2) is 23.4 Å². The molecule has 1 saturated heterocycles. The SMILES string of the molecule is Nc1ccncc1S(=O)(=O)NCC1CCCOC1. The van der Waals surface area contributed by atoms with Crippen LogP contribution in [-0.4, -0.2) is 33.2 Å². The molecule has 100 valence electrons. The Kier molecular flexibility index (Phi) is 4.15. The standard InChI is InChI=1S/C11H17N3O3S/c12-10-3-4-13-7-11(10)18(15,16)14-6-9-2-1-5-17-8-9/h3-4,7,9,14H,1-2,5-6,8H2,(H2,12,13). The maximum absolute atomic E-state index is 12.0. The summed E-state index contributed by atoms with van der Waals surface area (Å²) in [5, 5.41) is 0. The van der Waals surface area contributed by atoms with Gasteiger partial charge in [-0.05, 0) is 24.8 Å². The van der Waals surface area contributed by atoms with Gasteiger partial charge in [-0.1, -0.05) is 0 Å². The lowest BCUT2D eigenvalue weighted by Crippen LogP contribution is -2.33. The number of sulfonamides is 1. The number of hydrogen-bond donors (Lipinski definition) is 2. The Labute approximate surface area is 107 Å². The Morgan fingerprint density at radius 2 is 2.39 bits per heavy atom. The zero-order valence-electron chi connectivity index (χ0n) is 10.0. The molecule has 1 unspecified atom stereocenters. The second-order valence-corrected chi connectivity index (χ2v) is 6.08. The van der Waals surface area contributed by atoms with Crippen LogP contribution < -0.4 is 10.5 Å². The molecule has 1 aliphatic rings. The summed E-state index contributed by atoms with van der Waals surface area (Å²) >= 11 is 0. The highest BCUT2D eigenvalue weighted by atomic mass is 32.2. The third-order valence-corrected chi connectivity index (χ3v) is 4.39. The van der Waals surface area contributed by atoms with Crippen LogP contribution in [-0.2, 0) is 14.8 Å². The molecule has 7 heteroatoms. The topological polar surface area (TPSA) is 94.3 Å². The van der Waals surface area contributed by atoms with Crippen LogP contribution in [0.3, 0.4) is 0 Å². The number of anilines is 1. The van der Waals surface area contributed by atoms with E-state index in [4.69, 9.17) is 10.5 Å². The van der Waals surface area contributed by atoms with Gasteiger partial charge >= 0.3 is 0 Å². The Balaban J connectivity index is 2.01. The average molecular weight is 271 g/mol. The predicted molar refractivity (Wildman–Crippen MR) is 67.4 cm³/mol. The number of nitrogens with one attached hydrogen (secondary N) is 1. The zero-order valence-corrected chi connectivity index (χ0v) is 10.8. The smallest absolute Gasteiger partial charge is 0.244 e. The van der Waals surface area contributed by atoms with E-state index in [1.807, 2.05) is 0 Å². The highest BCUT2D eigenvalue weighted by Gasteiger charge is 2.20. The third kappa shape index (κ3) is 3.18. The van der Waals surface area contributed by atoms with E-state index in [1.54, 1.807) is 0 Å². The minimum absolute atomic E-state index is 0.0294. The summed E-state index contributed by atoms with van der Waals surface area (Å²) in [5.74, 6) is 0.228. The van der Waals surface area contributed by atoms with E-state index in [-0.39, 0.29) is 16.5 Å². The Morgan fingerprint density at radius 3 is 3.06 bits per heavy atom. The molecule has 0 aromatic carbocycles. The molecule has 0 amide bonds. The third-order valence-electron chi connectivity index (χ3n) is 2.92. The first-order chi connectivity index (χ1) is 8.59. The maximum Gasteiger partial charge on any atom is 0.244 e. The summed E-state index contributed by atoms with van der Waals surface area (Å²) in [4.78, 5) is 3.81. The molecular formula is C11H17N3O3S. The molecular weight excluding hydrogens is 254 g/mol. The van der Waals surface area contributed by atoms with Gasteiger partial charge in [0.05, 0.1) is 12.3 Å². The molecule has 18 heavy (non-hydrogen) atoms. The number of hydrogen-bond acceptors (Lipinski definition) is 5. The number of rotatable bonds is 4. The van der Waals surface area contributed by atoms with E-state index >= 15 is 0 Å². The quantitative estimate of drug-likeness (QED) is 0.825. The van der Waals surface area contributed by atoms with E-state index < -0.39 is 10.0 Å². The van der Waals surface area contributed by atoms with Crippen molar-refractivity contribution in [1.82, 2.24) is 9.71 Å². The van der Waals surface area contributed by atoms with Crippen molar-refractivity contribution in [3.63, 3.8) is 0 Å². The molecule has 1 atom stereocenters. The Hall–Kier alpha value is -1.18. The van der Waals surface area contributed by atoms with Gasteiger partial charge in [0.1, 0.15) is 4.90 Å². The van der Waals surface area contributed by atoms with Crippen molar-refractivity contribution in [1.29, 1.82) is 0 Å². The monoisotopic (exact) mass is 271 g/mol. The maximum atomic E-state index is 12.0. The molecule has 0 bridgehead atoms. The van der Waals surface area contributed by atoms with Gasteiger partial charge in [-0.3, -0.25) is 4.98 Å². The van der Waals surface area contributed by atoms with E-state index in [1.165, 1.54) is 18.5 Å². The minimum atomic E-state index is -3.58. The second kappa shape index (κ2) is 5.64. The number of ether oxygens (including phenoxy) is 1. The molecule has 2 heterocycles. The van der Waals surface area contributed by atoms with Crippen molar-refractivity contribution >= 4 is 15.7 Å². The lowest BCUT2D eigenvalue weighted by atomic mass is 10.0. The average Bonchev–Trinajstić information content (AvgIpc) is 2.38. The lowest BCUT2D eigenvalue weighted by molar-refractivity contribution is 0.0568. The van der Waals surface area contributed by atoms with Crippen molar-refractivity contribution in [2.24, 2.45) is 5.92 Å². The normalized spacial score (nSPS) is 20.8. The van der Waals surface area contributed by atoms with Crippen LogP contribution >= 0.6 is 0 Å². The Bertz CT molecular complexity index is 498. The predicted octanol–water partition coefficient (Wildman–Crippen LogP) is 0.369. The van der Waals surface area contributed by atoms with Crippen molar-refractivity contribution in [3.8, 4) is 0 Å². The highest BCUT2D eigenvalue weighted by Crippen LogP contribution is 2.17. The van der Waals surface area contributed by atoms with Gasteiger partial charge in [0.15, 0.2) is 0 Å².